The molecule has 0 radical (unpaired) electrons. The molecule has 3 aromatic carbocycles. The first kappa shape index (κ1) is 31.6. The molecule has 0 bridgehead atoms. The molecule has 0 aliphatic carbocycles. The first-order valence-corrected chi connectivity index (χ1v) is 15.5. The summed E-state index contributed by atoms with van der Waals surface area (Å²) in [6.07, 6.45) is -5.34. The molecule has 0 aromatic heterocycles. The lowest BCUT2D eigenvalue weighted by Gasteiger charge is -2.36. The zero-order chi connectivity index (χ0) is 31.8. The molecule has 14 heteroatoms. The Labute approximate surface area is 255 Å². The van der Waals surface area contributed by atoms with Crippen molar-refractivity contribution in [1.29, 1.82) is 0 Å². The van der Waals surface area contributed by atoms with E-state index < -0.39 is 62.8 Å². The molecule has 0 saturated carbocycles. The Kier molecular flexibility index (Phi) is 8.81. The topological polar surface area (TPSA) is 104 Å². The highest BCUT2D eigenvalue weighted by atomic mass is 35.5. The van der Waals surface area contributed by atoms with Crippen LogP contribution in [0.5, 0.6) is 5.75 Å². The molecule has 1 fully saturated rings. The highest BCUT2D eigenvalue weighted by molar-refractivity contribution is 7.92. The van der Waals surface area contributed by atoms with Crippen molar-refractivity contribution in [1.82, 2.24) is 4.90 Å². The summed E-state index contributed by atoms with van der Waals surface area (Å²) in [6.45, 7) is 0.0978. The zero-order valence-corrected chi connectivity index (χ0v) is 24.6. The van der Waals surface area contributed by atoms with Crippen LogP contribution in [-0.4, -0.2) is 56.0 Å². The summed E-state index contributed by atoms with van der Waals surface area (Å²) in [6, 6.07) is 12.2. The van der Waals surface area contributed by atoms with Gasteiger partial charge in [0.25, 0.3) is 10.0 Å². The molecule has 8 nitrogen and oxygen atoms in total. The number of sulfonamides is 1. The quantitative estimate of drug-likeness (QED) is 0.303. The highest BCUT2D eigenvalue weighted by Gasteiger charge is 2.39. The minimum atomic E-state index is -4.80. The SMILES string of the molecule is O=C(O)C1CCN(C(=O)CC[C@H]2CN(S(=O)(=O)c3cccc(C(F)(F)F)c3)c3cc(-c4cccc(Cl)c4)cc(F)c3O2)CC1. The molecule has 1 N–H and O–H groups in total. The van der Waals surface area contributed by atoms with Crippen molar-refractivity contribution in [2.75, 3.05) is 23.9 Å². The van der Waals surface area contributed by atoms with Crippen LogP contribution >= 0.6 is 11.6 Å². The number of amides is 1. The van der Waals surface area contributed by atoms with Crippen LogP contribution in [0.1, 0.15) is 31.2 Å². The van der Waals surface area contributed by atoms with Gasteiger partial charge in [0, 0.05) is 24.5 Å². The Morgan fingerprint density at radius 2 is 1.70 bits per heavy atom. The average Bonchev–Trinajstić information content (AvgIpc) is 2.99. The number of carbonyl (C=O) groups is 2. The van der Waals surface area contributed by atoms with Crippen molar-refractivity contribution >= 4 is 39.2 Å². The van der Waals surface area contributed by atoms with E-state index in [2.05, 4.69) is 0 Å². The molecular formula is C30H27ClF4N2O6S. The second kappa shape index (κ2) is 12.3. The number of rotatable bonds is 7. The molecule has 3 aromatic rings. The Morgan fingerprint density at radius 3 is 2.36 bits per heavy atom. The summed E-state index contributed by atoms with van der Waals surface area (Å²) in [5.74, 6) is -3.08. The maximum absolute atomic E-state index is 15.6. The van der Waals surface area contributed by atoms with Crippen LogP contribution in [0.15, 0.2) is 65.6 Å². The van der Waals surface area contributed by atoms with Gasteiger partial charge in [0.15, 0.2) is 11.6 Å². The molecule has 2 aliphatic rings. The van der Waals surface area contributed by atoms with Gasteiger partial charge in [-0.1, -0.05) is 29.8 Å². The van der Waals surface area contributed by atoms with Crippen molar-refractivity contribution in [3.8, 4) is 16.9 Å². The first-order chi connectivity index (χ1) is 20.7. The number of ether oxygens (including phenoxy) is 1. The van der Waals surface area contributed by atoms with E-state index in [0.717, 1.165) is 28.6 Å². The van der Waals surface area contributed by atoms with E-state index >= 15 is 4.39 Å². The van der Waals surface area contributed by atoms with Crippen LogP contribution in [0.25, 0.3) is 11.1 Å². The maximum Gasteiger partial charge on any atom is 0.416 e. The lowest BCUT2D eigenvalue weighted by atomic mass is 9.97. The number of aliphatic carboxylic acids is 1. The van der Waals surface area contributed by atoms with Gasteiger partial charge in [0.05, 0.1) is 28.6 Å². The third-order valence-electron chi connectivity index (χ3n) is 7.73. The number of carbonyl (C=O) groups excluding carboxylic acids is 1. The molecule has 2 heterocycles. The summed E-state index contributed by atoms with van der Waals surface area (Å²) in [5.41, 5.74) is -0.652. The van der Waals surface area contributed by atoms with Crippen LogP contribution < -0.4 is 9.04 Å². The predicted molar refractivity (Wildman–Crippen MR) is 153 cm³/mol. The van der Waals surface area contributed by atoms with Gasteiger partial charge in [-0.25, -0.2) is 12.8 Å². The molecule has 2 aliphatic heterocycles. The van der Waals surface area contributed by atoms with E-state index in [4.69, 9.17) is 16.3 Å². The summed E-state index contributed by atoms with van der Waals surface area (Å²) >= 11 is 6.09. The first-order valence-electron chi connectivity index (χ1n) is 13.7. The number of hydrogen-bond donors (Lipinski definition) is 1. The fourth-order valence-corrected chi connectivity index (χ4v) is 7.09. The fraction of sp³-hybridized carbons (Fsp3) is 0.333. The largest absolute Gasteiger partial charge is 0.483 e. The summed E-state index contributed by atoms with van der Waals surface area (Å²) < 4.78 is 90.5. The van der Waals surface area contributed by atoms with E-state index in [-0.39, 0.29) is 43.1 Å². The number of benzene rings is 3. The van der Waals surface area contributed by atoms with E-state index in [0.29, 0.717) is 29.5 Å². The molecule has 44 heavy (non-hydrogen) atoms. The smallest absolute Gasteiger partial charge is 0.416 e. The van der Waals surface area contributed by atoms with E-state index in [1.165, 1.54) is 11.0 Å². The Bertz CT molecular complexity index is 1690. The molecule has 1 saturated heterocycles. The molecular weight excluding hydrogens is 628 g/mol. The number of alkyl halides is 3. The van der Waals surface area contributed by atoms with Crippen LogP contribution in [0.4, 0.5) is 23.2 Å². The number of nitrogens with zero attached hydrogens (tertiary/aromatic N) is 2. The minimum Gasteiger partial charge on any atom is -0.483 e. The molecule has 1 atom stereocenters. The van der Waals surface area contributed by atoms with Gasteiger partial charge in [-0.2, -0.15) is 13.2 Å². The van der Waals surface area contributed by atoms with Crippen molar-refractivity contribution in [3.05, 3.63) is 77.1 Å². The summed E-state index contributed by atoms with van der Waals surface area (Å²) in [5, 5.41) is 9.54. The van der Waals surface area contributed by atoms with Gasteiger partial charge in [0.1, 0.15) is 6.10 Å². The third kappa shape index (κ3) is 6.63. The number of halogens is 5. The van der Waals surface area contributed by atoms with Gasteiger partial charge in [0.2, 0.25) is 5.91 Å². The Morgan fingerprint density at radius 1 is 1.00 bits per heavy atom. The fourth-order valence-electron chi connectivity index (χ4n) is 5.36. The molecule has 234 valence electrons. The van der Waals surface area contributed by atoms with E-state index in [1.807, 2.05) is 0 Å². The van der Waals surface area contributed by atoms with Crippen molar-refractivity contribution in [3.63, 3.8) is 0 Å². The standard InChI is InChI=1S/C30H27ClF4N2O6S/c31-22-5-1-3-19(13-22)20-14-25(32)28-26(15-20)37(44(41,42)24-6-2-4-21(16-24)30(33,34)35)17-23(43-28)7-8-27(38)36-11-9-18(10-12-36)29(39)40/h1-6,13-16,18,23H,7-12,17H2,(H,39,40)/t23-/m0/s1. The van der Waals surface area contributed by atoms with Crippen LogP contribution in [0, 0.1) is 11.7 Å². The summed E-state index contributed by atoms with van der Waals surface area (Å²) in [7, 11) is -4.68. The number of likely N-dealkylation sites (tertiary alicyclic amines) is 1. The average molecular weight is 655 g/mol. The summed E-state index contributed by atoms with van der Waals surface area (Å²) in [4.78, 5) is 25.0. The lowest BCUT2D eigenvalue weighted by molar-refractivity contribution is -0.145. The predicted octanol–water partition coefficient (Wildman–Crippen LogP) is 6.22. The highest BCUT2D eigenvalue weighted by Crippen LogP contribution is 2.43. The molecule has 5 rings (SSSR count). The second-order valence-corrected chi connectivity index (χ2v) is 12.9. The van der Waals surface area contributed by atoms with Crippen LogP contribution in [0.2, 0.25) is 5.02 Å². The second-order valence-electron chi connectivity index (χ2n) is 10.7. The number of fused-ring (bicyclic) bond motifs is 1. The maximum atomic E-state index is 15.6. The monoisotopic (exact) mass is 654 g/mol. The van der Waals surface area contributed by atoms with Gasteiger partial charge in [-0.05, 0) is 72.9 Å². The van der Waals surface area contributed by atoms with Crippen LogP contribution in [0.3, 0.4) is 0 Å². The molecule has 1 amide bonds. The zero-order valence-electron chi connectivity index (χ0n) is 23.1. The minimum absolute atomic E-state index is 0.0266. The van der Waals surface area contributed by atoms with Crippen molar-refractivity contribution < 1.29 is 45.4 Å². The number of carboxylic acid groups (broad SMARTS) is 1. The van der Waals surface area contributed by atoms with E-state index in [1.54, 1.807) is 24.3 Å². The van der Waals surface area contributed by atoms with E-state index in [9.17, 15) is 36.3 Å². The Hall–Kier alpha value is -3.84. The number of piperidine rings is 1. The molecule has 0 spiro atoms. The van der Waals surface area contributed by atoms with Gasteiger partial charge >= 0.3 is 12.1 Å². The Balaban J connectivity index is 1.47. The van der Waals surface area contributed by atoms with Gasteiger partial charge in [-0.15, -0.1) is 0 Å². The molecule has 0 unspecified atom stereocenters. The number of anilines is 1. The third-order valence-corrected chi connectivity index (χ3v) is 9.74. The van der Waals surface area contributed by atoms with Crippen molar-refractivity contribution in [2.24, 2.45) is 5.92 Å². The number of hydrogen-bond acceptors (Lipinski definition) is 5. The number of carboxylic acids is 1. The van der Waals surface area contributed by atoms with Gasteiger partial charge in [-0.3, -0.25) is 13.9 Å². The van der Waals surface area contributed by atoms with Crippen LogP contribution in [-0.2, 0) is 25.8 Å². The van der Waals surface area contributed by atoms with Crippen molar-refractivity contribution in [2.45, 2.75) is 42.9 Å². The van der Waals surface area contributed by atoms with Gasteiger partial charge < -0.3 is 14.7 Å². The normalized spacial score (nSPS) is 17.6. The lowest BCUT2D eigenvalue weighted by Crippen LogP contribution is -2.45.